The molecule has 1 aromatic heterocycles. The van der Waals surface area contributed by atoms with Crippen molar-refractivity contribution in [1.82, 2.24) is 20.4 Å². The fraction of sp³-hybridized carbons (Fsp3) is 0.542. The molecule has 10 nitrogen and oxygen atoms in total. The Hall–Kier alpha value is -3.27. The van der Waals surface area contributed by atoms with Gasteiger partial charge in [0.1, 0.15) is 5.82 Å². The maximum absolute atomic E-state index is 13.3. The number of aryl methyl sites for hydroxylation is 1. The van der Waals surface area contributed by atoms with E-state index in [0.29, 0.717) is 60.6 Å². The van der Waals surface area contributed by atoms with E-state index in [1.54, 1.807) is 22.9 Å². The van der Waals surface area contributed by atoms with E-state index in [4.69, 9.17) is 14.2 Å². The highest BCUT2D eigenvalue weighted by atomic mass is 16.5. The van der Waals surface area contributed by atoms with E-state index in [1.807, 2.05) is 27.7 Å². The van der Waals surface area contributed by atoms with Crippen LogP contribution in [0.4, 0.5) is 5.82 Å². The number of benzene rings is 1. The number of rotatable bonds is 11. The van der Waals surface area contributed by atoms with Gasteiger partial charge in [0.25, 0.3) is 5.91 Å². The van der Waals surface area contributed by atoms with E-state index in [-0.39, 0.29) is 17.9 Å². The Bertz CT molecular complexity index is 979. The molecule has 1 fully saturated rings. The van der Waals surface area contributed by atoms with Crippen LogP contribution in [0.1, 0.15) is 69.3 Å². The number of ether oxygens (including phenoxy) is 3. The highest BCUT2D eigenvalue weighted by Crippen LogP contribution is 2.39. The third-order valence-electron chi connectivity index (χ3n) is 5.28. The maximum Gasteiger partial charge on any atom is 0.257 e. The zero-order valence-electron chi connectivity index (χ0n) is 20.6. The van der Waals surface area contributed by atoms with Crippen LogP contribution in [0, 0.1) is 6.92 Å². The van der Waals surface area contributed by atoms with Crippen molar-refractivity contribution in [3.63, 3.8) is 0 Å². The monoisotopic (exact) mass is 473 g/mol. The van der Waals surface area contributed by atoms with Crippen molar-refractivity contribution in [2.75, 3.05) is 25.1 Å². The van der Waals surface area contributed by atoms with Crippen molar-refractivity contribution in [3.05, 3.63) is 29.5 Å². The summed E-state index contributed by atoms with van der Waals surface area (Å²) in [7, 11) is 0. The number of nitrogens with zero attached hydrogens (tertiary/aromatic N) is 2. The molecule has 2 unspecified atom stereocenters. The summed E-state index contributed by atoms with van der Waals surface area (Å²) >= 11 is 0. The van der Waals surface area contributed by atoms with Crippen LogP contribution in [-0.4, -0.2) is 47.5 Å². The number of anilines is 1. The van der Waals surface area contributed by atoms with E-state index in [9.17, 15) is 9.59 Å². The quantitative estimate of drug-likeness (QED) is 0.458. The lowest BCUT2D eigenvalue weighted by atomic mass is 10.1. The number of carbonyl (C=O) groups is 2. The summed E-state index contributed by atoms with van der Waals surface area (Å²) in [5, 5.41) is 13.7. The van der Waals surface area contributed by atoms with E-state index in [1.165, 1.54) is 0 Å². The van der Waals surface area contributed by atoms with Crippen molar-refractivity contribution in [2.45, 2.75) is 66.2 Å². The van der Waals surface area contributed by atoms with Crippen molar-refractivity contribution < 1.29 is 23.8 Å². The molecule has 0 saturated carbocycles. The molecule has 1 saturated heterocycles. The molecule has 2 heterocycles. The van der Waals surface area contributed by atoms with Crippen LogP contribution >= 0.6 is 0 Å². The zero-order valence-corrected chi connectivity index (χ0v) is 20.6. The molecule has 0 bridgehead atoms. The molecule has 186 valence electrons. The minimum Gasteiger partial charge on any atom is -0.490 e. The van der Waals surface area contributed by atoms with E-state index >= 15 is 0 Å². The average Bonchev–Trinajstić information content (AvgIpc) is 3.16. The molecular formula is C24H35N5O5. The van der Waals surface area contributed by atoms with Gasteiger partial charge in [0.15, 0.2) is 17.8 Å². The first-order chi connectivity index (χ1) is 16.4. The molecule has 1 aromatic carbocycles. The summed E-state index contributed by atoms with van der Waals surface area (Å²) in [6.45, 7) is 10.8. The van der Waals surface area contributed by atoms with Crippen LogP contribution in [0.5, 0.6) is 17.2 Å². The van der Waals surface area contributed by atoms with Gasteiger partial charge in [0, 0.05) is 24.1 Å². The first-order valence-electron chi connectivity index (χ1n) is 11.9. The van der Waals surface area contributed by atoms with Gasteiger partial charge >= 0.3 is 0 Å². The molecule has 1 aliphatic heterocycles. The number of carbonyl (C=O) groups excluding carboxylic acids is 2. The molecule has 3 rings (SSSR count). The van der Waals surface area contributed by atoms with Gasteiger partial charge in [0.2, 0.25) is 11.7 Å². The highest BCUT2D eigenvalue weighted by molar-refractivity contribution is 6.04. The molecule has 2 atom stereocenters. The molecule has 0 spiro atoms. The molecule has 2 amide bonds. The second kappa shape index (κ2) is 11.7. The third kappa shape index (κ3) is 5.99. The molecule has 0 radical (unpaired) electrons. The van der Waals surface area contributed by atoms with E-state index < -0.39 is 6.29 Å². The Labute approximate surface area is 200 Å². The lowest BCUT2D eigenvalue weighted by Crippen LogP contribution is -2.53. The minimum absolute atomic E-state index is 0.0467. The van der Waals surface area contributed by atoms with Crippen molar-refractivity contribution in [3.8, 4) is 17.2 Å². The second-order valence-corrected chi connectivity index (χ2v) is 8.00. The maximum atomic E-state index is 13.3. The number of nitrogens with one attached hydrogen (secondary N) is 3. The summed E-state index contributed by atoms with van der Waals surface area (Å²) in [4.78, 5) is 25.5. The fourth-order valence-corrected chi connectivity index (χ4v) is 3.94. The van der Waals surface area contributed by atoms with Gasteiger partial charge in [0.05, 0.1) is 25.5 Å². The first-order valence-corrected chi connectivity index (χ1v) is 11.9. The molecule has 10 heteroatoms. The van der Waals surface area contributed by atoms with Gasteiger partial charge in [-0.2, -0.15) is 5.10 Å². The molecular weight excluding hydrogens is 438 g/mol. The van der Waals surface area contributed by atoms with Gasteiger partial charge in [-0.25, -0.2) is 4.68 Å². The first kappa shape index (κ1) is 25.4. The summed E-state index contributed by atoms with van der Waals surface area (Å²) in [5.74, 6) is 1.39. The van der Waals surface area contributed by atoms with E-state index in [2.05, 4.69) is 28.0 Å². The zero-order chi connectivity index (χ0) is 24.7. The second-order valence-electron chi connectivity index (χ2n) is 8.00. The predicted molar refractivity (Wildman–Crippen MR) is 128 cm³/mol. The summed E-state index contributed by atoms with van der Waals surface area (Å²) in [6.07, 6.45) is 1.69. The Morgan fingerprint density at radius 2 is 1.74 bits per heavy atom. The Morgan fingerprint density at radius 3 is 2.32 bits per heavy atom. The number of aromatic nitrogens is 2. The highest BCUT2D eigenvalue weighted by Gasteiger charge is 2.29. The van der Waals surface area contributed by atoms with Crippen LogP contribution in [0.15, 0.2) is 18.2 Å². The minimum atomic E-state index is -0.555. The lowest BCUT2D eigenvalue weighted by Gasteiger charge is -2.32. The Morgan fingerprint density at radius 1 is 1.09 bits per heavy atom. The number of amides is 2. The molecule has 2 aromatic rings. The molecule has 3 N–H and O–H groups in total. The average molecular weight is 474 g/mol. The largest absolute Gasteiger partial charge is 0.490 e. The van der Waals surface area contributed by atoms with Crippen LogP contribution in [0.25, 0.3) is 0 Å². The van der Waals surface area contributed by atoms with Crippen molar-refractivity contribution in [2.24, 2.45) is 0 Å². The van der Waals surface area contributed by atoms with Crippen molar-refractivity contribution in [1.29, 1.82) is 0 Å². The van der Waals surface area contributed by atoms with Gasteiger partial charge in [-0.3, -0.25) is 14.9 Å². The predicted octanol–water partition coefficient (Wildman–Crippen LogP) is 3.37. The third-order valence-corrected chi connectivity index (χ3v) is 5.28. The van der Waals surface area contributed by atoms with Crippen molar-refractivity contribution >= 4 is 17.6 Å². The summed E-state index contributed by atoms with van der Waals surface area (Å²) < 4.78 is 18.8. The standard InChI is InChI=1S/C24H35N5O5/c1-6-10-17-14-21(30)27-24(25-17)29-20(11-15(5)28-29)26-23(31)16-12-18(32-7-2)22(34-9-4)19(13-16)33-8-3/h11-13,17,24-25H,6-10,14H2,1-5H3,(H,26,31)(H,27,30). The Balaban J connectivity index is 1.89. The fourth-order valence-electron chi connectivity index (χ4n) is 3.94. The van der Waals surface area contributed by atoms with E-state index in [0.717, 1.165) is 12.8 Å². The normalized spacial score (nSPS) is 17.7. The summed E-state index contributed by atoms with van der Waals surface area (Å²) in [5.41, 5.74) is 1.06. The molecule has 0 aliphatic carbocycles. The van der Waals surface area contributed by atoms with Crippen LogP contribution in [-0.2, 0) is 4.79 Å². The van der Waals surface area contributed by atoms with Gasteiger partial charge in [-0.15, -0.1) is 0 Å². The van der Waals surface area contributed by atoms with Crippen LogP contribution in [0.3, 0.4) is 0 Å². The van der Waals surface area contributed by atoms with Crippen LogP contribution < -0.4 is 30.2 Å². The summed E-state index contributed by atoms with van der Waals surface area (Å²) in [6, 6.07) is 5.08. The lowest BCUT2D eigenvalue weighted by molar-refractivity contribution is -0.125. The molecule has 34 heavy (non-hydrogen) atoms. The number of hydrogen-bond acceptors (Lipinski definition) is 7. The smallest absolute Gasteiger partial charge is 0.257 e. The van der Waals surface area contributed by atoms with Gasteiger partial charge in [-0.1, -0.05) is 13.3 Å². The van der Waals surface area contributed by atoms with Gasteiger partial charge in [-0.05, 0) is 46.2 Å². The topological polar surface area (TPSA) is 116 Å². The van der Waals surface area contributed by atoms with Crippen LogP contribution in [0.2, 0.25) is 0 Å². The van der Waals surface area contributed by atoms with Gasteiger partial charge < -0.3 is 24.8 Å². The SMILES string of the molecule is CCCC1CC(=O)NC(n2nc(C)cc2NC(=O)c2cc(OCC)c(OCC)c(OCC)c2)N1. The number of hydrogen-bond donors (Lipinski definition) is 3. The Kier molecular flexibility index (Phi) is 8.75. The molecule has 1 aliphatic rings.